The molecule has 0 bridgehead atoms. The van der Waals surface area contributed by atoms with Gasteiger partial charge in [-0.3, -0.25) is 9.59 Å². The molecule has 0 spiro atoms. The van der Waals surface area contributed by atoms with Gasteiger partial charge in [-0.15, -0.1) is 5.10 Å². The fourth-order valence-electron chi connectivity index (χ4n) is 2.67. The van der Waals surface area contributed by atoms with Crippen LogP contribution >= 0.6 is 0 Å². The summed E-state index contributed by atoms with van der Waals surface area (Å²) in [7, 11) is 3.64. The van der Waals surface area contributed by atoms with E-state index in [0.29, 0.717) is 13.1 Å². The van der Waals surface area contributed by atoms with E-state index in [1.807, 2.05) is 37.4 Å². The Kier molecular flexibility index (Phi) is 5.08. The zero-order valence-corrected chi connectivity index (χ0v) is 14.5. The van der Waals surface area contributed by atoms with Crippen LogP contribution in [0.5, 0.6) is 0 Å². The Bertz CT molecular complexity index is 737. The van der Waals surface area contributed by atoms with Crippen LogP contribution in [0.15, 0.2) is 36.5 Å². The number of carbonyl (C=O) groups is 2. The van der Waals surface area contributed by atoms with E-state index >= 15 is 0 Å². The van der Waals surface area contributed by atoms with Crippen LogP contribution in [-0.4, -0.2) is 88.3 Å². The summed E-state index contributed by atoms with van der Waals surface area (Å²) in [4.78, 5) is 31.6. The topological polar surface area (TPSA) is 74.6 Å². The van der Waals surface area contributed by atoms with Gasteiger partial charge >= 0.3 is 0 Å². The second-order valence-corrected chi connectivity index (χ2v) is 6.20. The van der Waals surface area contributed by atoms with Crippen molar-refractivity contribution >= 4 is 11.8 Å². The van der Waals surface area contributed by atoms with E-state index in [1.165, 1.54) is 15.9 Å². The first-order valence-electron chi connectivity index (χ1n) is 8.24. The molecule has 0 saturated carbocycles. The van der Waals surface area contributed by atoms with Crippen LogP contribution < -0.4 is 0 Å². The molecule has 0 aliphatic carbocycles. The average Bonchev–Trinajstić information content (AvgIpc) is 3.12. The number of piperazine rings is 1. The summed E-state index contributed by atoms with van der Waals surface area (Å²) in [6.07, 6.45) is 1.42. The Morgan fingerprint density at radius 1 is 1.12 bits per heavy atom. The lowest BCUT2D eigenvalue weighted by molar-refractivity contribution is -0.133. The van der Waals surface area contributed by atoms with Gasteiger partial charge in [0.15, 0.2) is 5.69 Å². The van der Waals surface area contributed by atoms with Gasteiger partial charge in [0.1, 0.15) is 0 Å². The van der Waals surface area contributed by atoms with Crippen molar-refractivity contribution in [3.63, 3.8) is 0 Å². The van der Waals surface area contributed by atoms with E-state index in [-0.39, 0.29) is 24.1 Å². The summed E-state index contributed by atoms with van der Waals surface area (Å²) < 4.78 is 0. The van der Waals surface area contributed by atoms with Crippen LogP contribution in [0.25, 0.3) is 5.69 Å². The van der Waals surface area contributed by atoms with E-state index in [4.69, 9.17) is 0 Å². The zero-order chi connectivity index (χ0) is 17.8. The second-order valence-electron chi connectivity index (χ2n) is 6.20. The number of rotatable bonds is 4. The molecular weight excluding hydrogens is 320 g/mol. The van der Waals surface area contributed by atoms with Gasteiger partial charge in [-0.25, -0.2) is 0 Å². The molecule has 0 atom stereocenters. The number of carbonyl (C=O) groups excluding carboxylic acids is 2. The molecule has 8 nitrogen and oxygen atoms in total. The van der Waals surface area contributed by atoms with Crippen LogP contribution in [0.1, 0.15) is 10.5 Å². The maximum absolute atomic E-state index is 12.5. The highest BCUT2D eigenvalue weighted by Crippen LogP contribution is 2.07. The van der Waals surface area contributed by atoms with E-state index < -0.39 is 0 Å². The molecule has 0 radical (unpaired) electrons. The van der Waals surface area contributed by atoms with Gasteiger partial charge in [-0.1, -0.05) is 18.2 Å². The molecule has 3 rings (SSSR count). The number of nitrogens with zero attached hydrogens (tertiary/aromatic N) is 6. The smallest absolute Gasteiger partial charge is 0.276 e. The van der Waals surface area contributed by atoms with Gasteiger partial charge in [0.25, 0.3) is 5.91 Å². The lowest BCUT2D eigenvalue weighted by Gasteiger charge is -2.33. The molecule has 1 aromatic carbocycles. The highest BCUT2D eigenvalue weighted by molar-refractivity contribution is 5.94. The van der Waals surface area contributed by atoms with E-state index in [9.17, 15) is 9.59 Å². The number of benzene rings is 1. The first kappa shape index (κ1) is 17.1. The van der Waals surface area contributed by atoms with Gasteiger partial charge in [0.2, 0.25) is 5.91 Å². The molecule has 8 heteroatoms. The Morgan fingerprint density at radius 3 is 2.48 bits per heavy atom. The molecule has 1 aliphatic heterocycles. The van der Waals surface area contributed by atoms with E-state index in [2.05, 4.69) is 15.1 Å². The average molecular weight is 342 g/mol. The number of aromatic nitrogens is 3. The molecule has 1 aliphatic rings. The van der Waals surface area contributed by atoms with E-state index in [1.54, 1.807) is 11.9 Å². The van der Waals surface area contributed by atoms with Crippen LogP contribution in [0.2, 0.25) is 0 Å². The first-order chi connectivity index (χ1) is 12.0. The van der Waals surface area contributed by atoms with Crippen molar-refractivity contribution in [2.45, 2.75) is 0 Å². The molecule has 1 saturated heterocycles. The third kappa shape index (κ3) is 4.03. The summed E-state index contributed by atoms with van der Waals surface area (Å²) in [5.41, 5.74) is 0.996. The summed E-state index contributed by atoms with van der Waals surface area (Å²) >= 11 is 0. The lowest BCUT2D eigenvalue weighted by atomic mass is 10.3. The fourth-order valence-corrected chi connectivity index (χ4v) is 2.67. The van der Waals surface area contributed by atoms with Crippen LogP contribution in [0, 0.1) is 0 Å². The highest BCUT2D eigenvalue weighted by Gasteiger charge is 2.23. The molecule has 1 aromatic heterocycles. The molecule has 2 aromatic rings. The van der Waals surface area contributed by atoms with Crippen molar-refractivity contribution in [1.82, 2.24) is 29.7 Å². The van der Waals surface area contributed by atoms with Gasteiger partial charge in [-0.2, -0.15) is 9.90 Å². The van der Waals surface area contributed by atoms with Crippen molar-refractivity contribution in [3.8, 4) is 5.69 Å². The minimum absolute atomic E-state index is 0.0422. The van der Waals surface area contributed by atoms with Gasteiger partial charge in [0, 0.05) is 33.2 Å². The summed E-state index contributed by atoms with van der Waals surface area (Å²) in [5, 5.41) is 8.34. The SMILES string of the molecule is CN1CCN(C(=O)CN(C)C(=O)c2cnn(-c3ccccc3)n2)CC1. The number of para-hydroxylation sites is 1. The van der Waals surface area contributed by atoms with E-state index in [0.717, 1.165) is 18.8 Å². The van der Waals surface area contributed by atoms with Crippen molar-refractivity contribution < 1.29 is 9.59 Å². The molecule has 25 heavy (non-hydrogen) atoms. The Labute approximate surface area is 146 Å². The largest absolute Gasteiger partial charge is 0.339 e. The molecule has 132 valence electrons. The number of amides is 2. The second kappa shape index (κ2) is 7.43. The lowest BCUT2D eigenvalue weighted by Crippen LogP contribution is -2.50. The minimum atomic E-state index is -0.315. The Balaban J connectivity index is 1.61. The Hall–Kier alpha value is -2.74. The van der Waals surface area contributed by atoms with Crippen LogP contribution in [-0.2, 0) is 4.79 Å². The van der Waals surface area contributed by atoms with Crippen molar-refractivity contribution in [1.29, 1.82) is 0 Å². The normalized spacial score (nSPS) is 15.2. The molecular formula is C17H22N6O2. The molecule has 2 heterocycles. The predicted molar refractivity (Wildman–Crippen MR) is 92.4 cm³/mol. The molecule has 0 unspecified atom stereocenters. The third-order valence-corrected chi connectivity index (χ3v) is 4.27. The van der Waals surface area contributed by atoms with Gasteiger partial charge in [0.05, 0.1) is 18.4 Å². The maximum atomic E-state index is 12.5. The van der Waals surface area contributed by atoms with Crippen molar-refractivity contribution in [2.24, 2.45) is 0 Å². The monoisotopic (exact) mass is 342 g/mol. The number of likely N-dealkylation sites (N-methyl/N-ethyl adjacent to an activating group) is 2. The summed E-state index contributed by atoms with van der Waals surface area (Å²) in [6, 6.07) is 9.36. The van der Waals surface area contributed by atoms with Crippen molar-refractivity contribution in [2.75, 3.05) is 46.8 Å². The standard InChI is InChI=1S/C17H22N6O2/c1-20-8-10-22(11-9-20)16(24)13-21(2)17(25)15-12-18-23(19-15)14-6-4-3-5-7-14/h3-7,12H,8-11,13H2,1-2H3. The van der Waals surface area contributed by atoms with Gasteiger partial charge < -0.3 is 14.7 Å². The maximum Gasteiger partial charge on any atom is 0.276 e. The number of hydrogen-bond donors (Lipinski definition) is 0. The molecule has 2 amide bonds. The fraction of sp³-hybridized carbons (Fsp3) is 0.412. The first-order valence-corrected chi connectivity index (χ1v) is 8.24. The third-order valence-electron chi connectivity index (χ3n) is 4.27. The predicted octanol–water partition coefficient (Wildman–Crippen LogP) is 0.113. The zero-order valence-electron chi connectivity index (χ0n) is 14.5. The van der Waals surface area contributed by atoms with Gasteiger partial charge in [-0.05, 0) is 19.2 Å². The highest BCUT2D eigenvalue weighted by atomic mass is 16.2. The Morgan fingerprint density at radius 2 is 1.80 bits per heavy atom. The molecule has 1 fully saturated rings. The number of hydrogen-bond acceptors (Lipinski definition) is 5. The van der Waals surface area contributed by atoms with Crippen LogP contribution in [0.3, 0.4) is 0 Å². The summed E-state index contributed by atoms with van der Waals surface area (Å²) in [6.45, 7) is 3.15. The summed E-state index contributed by atoms with van der Waals surface area (Å²) in [5.74, 6) is -0.357. The molecule has 0 N–H and O–H groups in total. The van der Waals surface area contributed by atoms with Crippen LogP contribution in [0.4, 0.5) is 0 Å². The van der Waals surface area contributed by atoms with Crippen molar-refractivity contribution in [3.05, 3.63) is 42.2 Å². The minimum Gasteiger partial charge on any atom is -0.339 e. The quantitative estimate of drug-likeness (QED) is 0.789.